The number of aliphatic hydroxyl groups is 1. The van der Waals surface area contributed by atoms with Gasteiger partial charge in [-0.15, -0.1) is 0 Å². The van der Waals surface area contributed by atoms with E-state index in [1.807, 2.05) is 37.3 Å². The lowest BCUT2D eigenvalue weighted by Crippen LogP contribution is -2.38. The number of imide groups is 1. The first-order chi connectivity index (χ1) is 18.9. The normalized spacial score (nSPS) is 16.7. The highest BCUT2D eigenvalue weighted by atomic mass is 35.5. The first-order valence-electron chi connectivity index (χ1n) is 12.4. The van der Waals surface area contributed by atoms with Crippen LogP contribution in [0.4, 0.5) is 4.79 Å². The molecule has 3 aromatic carbocycles. The SMILES string of the molecule is C[C@@H](c1ccccc1)[C@@H](c1ncc(-c2ccc(Cl)cc2Cl)[nH]1)N1C(=O)NC(c2ccc(OCCO)cc2)C1=O. The summed E-state index contributed by atoms with van der Waals surface area (Å²) in [4.78, 5) is 36.3. The number of rotatable bonds is 9. The van der Waals surface area contributed by atoms with Gasteiger partial charge in [0.1, 0.15) is 30.3 Å². The Morgan fingerprint density at radius 3 is 2.49 bits per heavy atom. The average Bonchev–Trinajstić information content (AvgIpc) is 3.53. The largest absolute Gasteiger partial charge is 0.491 e. The van der Waals surface area contributed by atoms with Crippen molar-refractivity contribution >= 4 is 35.1 Å². The van der Waals surface area contributed by atoms with Crippen molar-refractivity contribution in [2.24, 2.45) is 0 Å². The van der Waals surface area contributed by atoms with Crippen LogP contribution in [0.5, 0.6) is 5.75 Å². The lowest BCUT2D eigenvalue weighted by Gasteiger charge is -2.29. The maximum Gasteiger partial charge on any atom is 0.325 e. The number of H-pyrrole nitrogens is 1. The molecular formula is C29H26Cl2N4O4. The summed E-state index contributed by atoms with van der Waals surface area (Å²) >= 11 is 12.5. The minimum Gasteiger partial charge on any atom is -0.491 e. The Morgan fingerprint density at radius 2 is 1.79 bits per heavy atom. The summed E-state index contributed by atoms with van der Waals surface area (Å²) < 4.78 is 5.41. The fourth-order valence-corrected chi connectivity index (χ4v) is 5.27. The van der Waals surface area contributed by atoms with Gasteiger partial charge in [0.05, 0.1) is 23.5 Å². The number of halogens is 2. The molecule has 3 amide bonds. The maximum atomic E-state index is 13.8. The molecule has 0 spiro atoms. The Hall–Kier alpha value is -3.85. The number of nitrogens with zero attached hydrogens (tertiary/aromatic N) is 2. The van der Waals surface area contributed by atoms with Crippen LogP contribution in [0.3, 0.4) is 0 Å². The van der Waals surface area contributed by atoms with Crippen molar-refractivity contribution in [3.8, 4) is 17.0 Å². The molecule has 8 nitrogen and oxygen atoms in total. The second-order valence-electron chi connectivity index (χ2n) is 9.18. The van der Waals surface area contributed by atoms with E-state index in [-0.39, 0.29) is 25.0 Å². The third-order valence-electron chi connectivity index (χ3n) is 6.72. The molecule has 0 saturated carbocycles. The Balaban J connectivity index is 1.50. The fraction of sp³-hybridized carbons (Fsp3) is 0.207. The quantitative estimate of drug-likeness (QED) is 0.219. The van der Waals surface area contributed by atoms with E-state index in [4.69, 9.17) is 33.0 Å². The molecule has 1 saturated heterocycles. The molecule has 3 atom stereocenters. The zero-order valence-corrected chi connectivity index (χ0v) is 22.5. The monoisotopic (exact) mass is 564 g/mol. The second-order valence-corrected chi connectivity index (χ2v) is 10.0. The highest BCUT2D eigenvalue weighted by Crippen LogP contribution is 2.40. The molecule has 4 aromatic rings. The van der Waals surface area contributed by atoms with Gasteiger partial charge in [-0.25, -0.2) is 9.78 Å². The molecule has 1 unspecified atom stereocenters. The van der Waals surface area contributed by atoms with E-state index < -0.39 is 18.1 Å². The first-order valence-corrected chi connectivity index (χ1v) is 13.2. The van der Waals surface area contributed by atoms with Crippen LogP contribution in [0.25, 0.3) is 11.3 Å². The molecule has 0 aliphatic carbocycles. The summed E-state index contributed by atoms with van der Waals surface area (Å²) in [6, 6.07) is 19.6. The number of ether oxygens (including phenoxy) is 1. The van der Waals surface area contributed by atoms with Crippen LogP contribution in [0.1, 0.15) is 41.9 Å². The third kappa shape index (κ3) is 5.49. The van der Waals surface area contributed by atoms with Gasteiger partial charge in [-0.3, -0.25) is 9.69 Å². The van der Waals surface area contributed by atoms with Crippen LogP contribution in [-0.4, -0.2) is 45.1 Å². The number of carbonyl (C=O) groups is 2. The first kappa shape index (κ1) is 26.7. The van der Waals surface area contributed by atoms with Gasteiger partial charge >= 0.3 is 6.03 Å². The van der Waals surface area contributed by atoms with Gasteiger partial charge in [-0.2, -0.15) is 0 Å². The smallest absolute Gasteiger partial charge is 0.325 e. The number of aromatic nitrogens is 2. The Labute approximate surface area is 235 Å². The number of urea groups is 1. The Kier molecular flexibility index (Phi) is 7.88. The van der Waals surface area contributed by atoms with Crippen LogP contribution in [0.2, 0.25) is 10.0 Å². The van der Waals surface area contributed by atoms with E-state index in [9.17, 15) is 9.59 Å². The van der Waals surface area contributed by atoms with Crippen molar-refractivity contribution in [1.29, 1.82) is 0 Å². The van der Waals surface area contributed by atoms with Crippen molar-refractivity contribution in [3.05, 3.63) is 106 Å². The van der Waals surface area contributed by atoms with Crippen molar-refractivity contribution < 1.29 is 19.4 Å². The summed E-state index contributed by atoms with van der Waals surface area (Å²) in [5.74, 6) is 0.332. The van der Waals surface area contributed by atoms with Crippen LogP contribution >= 0.6 is 23.2 Å². The van der Waals surface area contributed by atoms with Crippen LogP contribution in [0, 0.1) is 0 Å². The summed E-state index contributed by atoms with van der Waals surface area (Å²) in [6.07, 6.45) is 1.64. The van der Waals surface area contributed by atoms with Gasteiger partial charge in [0, 0.05) is 16.5 Å². The average molecular weight is 565 g/mol. The fourth-order valence-electron chi connectivity index (χ4n) is 4.76. The van der Waals surface area contributed by atoms with E-state index in [1.165, 1.54) is 4.90 Å². The number of hydrogen-bond donors (Lipinski definition) is 3. The molecule has 2 heterocycles. The van der Waals surface area contributed by atoms with E-state index in [0.29, 0.717) is 38.4 Å². The minimum absolute atomic E-state index is 0.104. The summed E-state index contributed by atoms with van der Waals surface area (Å²) in [5.41, 5.74) is 2.90. The van der Waals surface area contributed by atoms with E-state index in [1.54, 1.807) is 48.7 Å². The van der Waals surface area contributed by atoms with Crippen molar-refractivity contribution in [1.82, 2.24) is 20.2 Å². The number of carbonyl (C=O) groups excluding carboxylic acids is 2. The molecule has 1 fully saturated rings. The number of hydrogen-bond acceptors (Lipinski definition) is 5. The molecule has 200 valence electrons. The van der Waals surface area contributed by atoms with Gasteiger partial charge in [0.2, 0.25) is 0 Å². The van der Waals surface area contributed by atoms with Gasteiger partial charge in [-0.1, -0.05) is 72.6 Å². The minimum atomic E-state index is -0.866. The van der Waals surface area contributed by atoms with E-state index in [2.05, 4.69) is 15.3 Å². The van der Waals surface area contributed by atoms with Crippen LogP contribution < -0.4 is 10.1 Å². The van der Waals surface area contributed by atoms with Crippen molar-refractivity contribution in [3.63, 3.8) is 0 Å². The van der Waals surface area contributed by atoms with Gasteiger partial charge < -0.3 is 20.1 Å². The maximum absolute atomic E-state index is 13.8. The number of imidazole rings is 1. The number of amides is 3. The molecule has 39 heavy (non-hydrogen) atoms. The van der Waals surface area contributed by atoms with Gasteiger partial charge in [0.15, 0.2) is 0 Å². The van der Waals surface area contributed by atoms with E-state index in [0.717, 1.165) is 5.56 Å². The van der Waals surface area contributed by atoms with Crippen LogP contribution in [0.15, 0.2) is 79.0 Å². The second kappa shape index (κ2) is 11.5. The zero-order chi connectivity index (χ0) is 27.5. The molecule has 1 aliphatic heterocycles. The van der Waals surface area contributed by atoms with Crippen molar-refractivity contribution in [2.45, 2.75) is 24.9 Å². The zero-order valence-electron chi connectivity index (χ0n) is 21.0. The van der Waals surface area contributed by atoms with E-state index >= 15 is 0 Å². The predicted octanol–water partition coefficient (Wildman–Crippen LogP) is 5.89. The molecule has 1 aromatic heterocycles. The van der Waals surface area contributed by atoms with Gasteiger partial charge in [-0.05, 0) is 41.5 Å². The van der Waals surface area contributed by atoms with Crippen molar-refractivity contribution in [2.75, 3.05) is 13.2 Å². The third-order valence-corrected chi connectivity index (χ3v) is 7.27. The number of aliphatic hydroxyl groups excluding tert-OH is 1. The van der Waals surface area contributed by atoms with Gasteiger partial charge in [0.25, 0.3) is 5.91 Å². The lowest BCUT2D eigenvalue weighted by molar-refractivity contribution is -0.129. The Bertz CT molecular complexity index is 1480. The summed E-state index contributed by atoms with van der Waals surface area (Å²) in [7, 11) is 0. The molecule has 1 aliphatic rings. The number of benzene rings is 3. The predicted molar refractivity (Wildman–Crippen MR) is 149 cm³/mol. The molecular weight excluding hydrogens is 539 g/mol. The highest BCUT2D eigenvalue weighted by molar-refractivity contribution is 6.36. The topological polar surface area (TPSA) is 108 Å². The molecule has 3 N–H and O–H groups in total. The van der Waals surface area contributed by atoms with Crippen LogP contribution in [-0.2, 0) is 4.79 Å². The standard InChI is InChI=1S/C29H26Cl2N4O4/c1-17(18-5-3-2-4-6-18)26(27-32-16-24(33-27)22-12-9-20(30)15-23(22)31)35-28(37)25(34-29(35)38)19-7-10-21(11-8-19)39-14-13-36/h2-12,15-17,25-26,36H,13-14H2,1H3,(H,32,33)(H,34,38)/t17-,25?,26-/m0/s1. The molecule has 0 radical (unpaired) electrons. The summed E-state index contributed by atoms with van der Waals surface area (Å²) in [6.45, 7) is 2.02. The Morgan fingerprint density at radius 1 is 1.05 bits per heavy atom. The summed E-state index contributed by atoms with van der Waals surface area (Å²) in [5, 5.41) is 12.8. The lowest BCUT2D eigenvalue weighted by atomic mass is 9.91. The molecule has 10 heteroatoms. The molecule has 5 rings (SSSR count). The molecule has 0 bridgehead atoms. The number of aromatic amines is 1. The number of nitrogens with one attached hydrogen (secondary N) is 2. The highest BCUT2D eigenvalue weighted by Gasteiger charge is 2.46.